The van der Waals surface area contributed by atoms with E-state index < -0.39 is 23.9 Å². The Hall–Kier alpha value is -1.88. The lowest BCUT2D eigenvalue weighted by molar-refractivity contribution is -0.412. The lowest BCUT2D eigenvalue weighted by Crippen LogP contribution is -2.69. The average Bonchev–Trinajstić information content (AvgIpc) is 2.51. The molecule has 1 rings (SSSR count). The lowest BCUT2D eigenvalue weighted by atomic mass is 9.92. The van der Waals surface area contributed by atoms with Crippen molar-refractivity contribution in [3.63, 3.8) is 0 Å². The van der Waals surface area contributed by atoms with E-state index in [1.807, 2.05) is 45.9 Å². The molecule has 0 aliphatic rings. The summed E-state index contributed by atoms with van der Waals surface area (Å²) in [5.41, 5.74) is 4.58. The maximum absolute atomic E-state index is 12.5. The predicted octanol–water partition coefficient (Wildman–Crippen LogP) is 1.78. The van der Waals surface area contributed by atoms with E-state index in [4.69, 9.17) is 9.47 Å². The Morgan fingerprint density at radius 3 is 1.87 bits per heavy atom. The molecule has 0 aliphatic heterocycles. The van der Waals surface area contributed by atoms with Gasteiger partial charge in [-0.15, -0.1) is 0 Å². The van der Waals surface area contributed by atoms with Crippen molar-refractivity contribution in [1.29, 1.82) is 0 Å². The summed E-state index contributed by atoms with van der Waals surface area (Å²) in [4.78, 5) is 24.7. The largest absolute Gasteiger partial charge is 0.465 e. The molecule has 3 N–H and O–H groups in total. The van der Waals surface area contributed by atoms with Gasteiger partial charge in [0.05, 0.1) is 13.2 Å². The minimum absolute atomic E-state index is 0.228. The van der Waals surface area contributed by atoms with Crippen molar-refractivity contribution in [2.24, 2.45) is 11.8 Å². The molecule has 1 aromatic carbocycles. The molecular formula is C18H28NO4+. The number of hydrogen-bond acceptors (Lipinski definition) is 4. The van der Waals surface area contributed by atoms with Gasteiger partial charge >= 0.3 is 11.9 Å². The fraction of sp³-hybridized carbons (Fsp3) is 0.556. The maximum Gasteiger partial charge on any atom is 0.366 e. The molecule has 128 valence electrons. The van der Waals surface area contributed by atoms with Crippen LogP contribution in [0.15, 0.2) is 30.3 Å². The van der Waals surface area contributed by atoms with Crippen molar-refractivity contribution in [3.05, 3.63) is 35.9 Å². The van der Waals surface area contributed by atoms with Crippen LogP contribution in [-0.4, -0.2) is 31.2 Å². The van der Waals surface area contributed by atoms with Crippen molar-refractivity contribution in [1.82, 2.24) is 0 Å². The van der Waals surface area contributed by atoms with Crippen LogP contribution in [0.2, 0.25) is 0 Å². The van der Waals surface area contributed by atoms with Crippen LogP contribution in [0.4, 0.5) is 0 Å². The van der Waals surface area contributed by atoms with Crippen molar-refractivity contribution < 1.29 is 24.8 Å². The standard InChI is InChI=1S/C18H27NO4/c1-12(2)10-22-17(20)15(14-8-6-5-7-9-14)16(19)18(21)23-11-13(3)4/h5-9,12-13,15-16H,10-11,19H2,1-4H3/p+1/t15-,16-/m0/s1. The van der Waals surface area contributed by atoms with Gasteiger partial charge in [-0.3, -0.25) is 4.79 Å². The molecule has 0 bridgehead atoms. The van der Waals surface area contributed by atoms with Crippen LogP contribution in [0.5, 0.6) is 0 Å². The third kappa shape index (κ3) is 6.40. The molecule has 0 spiro atoms. The Labute approximate surface area is 138 Å². The van der Waals surface area contributed by atoms with E-state index in [0.717, 1.165) is 0 Å². The van der Waals surface area contributed by atoms with Gasteiger partial charge in [0.1, 0.15) is 5.92 Å². The second kappa shape index (κ2) is 9.30. The first-order valence-electron chi connectivity index (χ1n) is 8.04. The van der Waals surface area contributed by atoms with Gasteiger partial charge in [0.2, 0.25) is 6.04 Å². The highest BCUT2D eigenvalue weighted by Gasteiger charge is 2.38. The van der Waals surface area contributed by atoms with Gasteiger partial charge in [-0.05, 0) is 17.4 Å². The summed E-state index contributed by atoms with van der Waals surface area (Å²) in [6.45, 7) is 8.46. The Morgan fingerprint density at radius 2 is 1.39 bits per heavy atom. The number of quaternary nitrogens is 1. The highest BCUT2D eigenvalue weighted by molar-refractivity contribution is 5.87. The summed E-state index contributed by atoms with van der Waals surface area (Å²) in [7, 11) is 0. The maximum atomic E-state index is 12.5. The number of benzene rings is 1. The topological polar surface area (TPSA) is 80.2 Å². The third-order valence-electron chi connectivity index (χ3n) is 3.24. The number of hydrogen-bond donors (Lipinski definition) is 1. The van der Waals surface area contributed by atoms with Crippen molar-refractivity contribution in [2.75, 3.05) is 13.2 Å². The van der Waals surface area contributed by atoms with Crippen LogP contribution in [0.1, 0.15) is 39.2 Å². The van der Waals surface area contributed by atoms with Crippen molar-refractivity contribution in [3.8, 4) is 0 Å². The molecule has 5 nitrogen and oxygen atoms in total. The Bertz CT molecular complexity index is 499. The number of ether oxygens (including phenoxy) is 2. The van der Waals surface area contributed by atoms with Crippen molar-refractivity contribution in [2.45, 2.75) is 39.7 Å². The molecule has 0 heterocycles. The number of esters is 2. The molecule has 0 fully saturated rings. The number of carbonyl (C=O) groups excluding carboxylic acids is 2. The summed E-state index contributed by atoms with van der Waals surface area (Å²) in [5, 5.41) is 0. The molecule has 0 amide bonds. The first kappa shape index (κ1) is 19.2. The Balaban J connectivity index is 2.90. The van der Waals surface area contributed by atoms with E-state index >= 15 is 0 Å². The van der Waals surface area contributed by atoms with E-state index in [9.17, 15) is 9.59 Å². The summed E-state index contributed by atoms with van der Waals surface area (Å²) in [6.07, 6.45) is 0. The molecular weight excluding hydrogens is 294 g/mol. The summed E-state index contributed by atoms with van der Waals surface area (Å²) < 4.78 is 10.6. The zero-order valence-corrected chi connectivity index (χ0v) is 14.5. The van der Waals surface area contributed by atoms with Gasteiger partial charge < -0.3 is 15.2 Å². The first-order chi connectivity index (χ1) is 10.8. The van der Waals surface area contributed by atoms with E-state index in [1.54, 1.807) is 12.1 Å². The lowest BCUT2D eigenvalue weighted by Gasteiger charge is -2.20. The molecule has 0 radical (unpaired) electrons. The average molecular weight is 322 g/mol. The molecule has 5 heteroatoms. The van der Waals surface area contributed by atoms with E-state index in [2.05, 4.69) is 5.73 Å². The Morgan fingerprint density at radius 1 is 0.913 bits per heavy atom. The minimum Gasteiger partial charge on any atom is -0.465 e. The van der Waals surface area contributed by atoms with Crippen LogP contribution in [0, 0.1) is 11.8 Å². The first-order valence-corrected chi connectivity index (χ1v) is 8.04. The minimum atomic E-state index is -0.837. The highest BCUT2D eigenvalue weighted by Crippen LogP contribution is 2.21. The molecule has 0 saturated carbocycles. The molecule has 1 aromatic rings. The van der Waals surface area contributed by atoms with Crippen LogP contribution < -0.4 is 5.73 Å². The van der Waals surface area contributed by atoms with Gasteiger partial charge in [-0.2, -0.15) is 0 Å². The van der Waals surface area contributed by atoms with E-state index in [1.165, 1.54) is 0 Å². The fourth-order valence-corrected chi connectivity index (χ4v) is 2.02. The molecule has 23 heavy (non-hydrogen) atoms. The molecule has 0 aliphatic carbocycles. The van der Waals surface area contributed by atoms with E-state index in [0.29, 0.717) is 18.8 Å². The summed E-state index contributed by atoms with van der Waals surface area (Å²) >= 11 is 0. The SMILES string of the molecule is CC(C)COC(=O)[C@@H]([NH3+])[C@@H](C(=O)OCC(C)C)c1ccccc1. The quantitative estimate of drug-likeness (QED) is 0.740. The normalized spacial score (nSPS) is 13.7. The third-order valence-corrected chi connectivity index (χ3v) is 3.24. The van der Waals surface area contributed by atoms with E-state index in [-0.39, 0.29) is 11.8 Å². The van der Waals surface area contributed by atoms with Gasteiger partial charge in [0, 0.05) is 0 Å². The van der Waals surface area contributed by atoms with Gasteiger partial charge in [-0.25, -0.2) is 4.79 Å². The van der Waals surface area contributed by atoms with Gasteiger partial charge in [0.15, 0.2) is 0 Å². The molecule has 0 aromatic heterocycles. The second-order valence-corrected chi connectivity index (χ2v) is 6.54. The number of carbonyl (C=O) groups is 2. The fourth-order valence-electron chi connectivity index (χ4n) is 2.02. The van der Waals surface area contributed by atoms with Crippen LogP contribution in [0.25, 0.3) is 0 Å². The van der Waals surface area contributed by atoms with Gasteiger partial charge in [-0.1, -0.05) is 58.0 Å². The van der Waals surface area contributed by atoms with Crippen molar-refractivity contribution >= 4 is 11.9 Å². The summed E-state index contributed by atoms with van der Waals surface area (Å²) in [5.74, 6) is -1.21. The molecule has 0 unspecified atom stereocenters. The second-order valence-electron chi connectivity index (χ2n) is 6.54. The highest BCUT2D eigenvalue weighted by atomic mass is 16.5. The number of rotatable bonds is 8. The predicted molar refractivity (Wildman–Crippen MR) is 87.5 cm³/mol. The molecule has 2 atom stereocenters. The Kier molecular flexibility index (Phi) is 7.75. The zero-order valence-electron chi connectivity index (χ0n) is 14.5. The zero-order chi connectivity index (χ0) is 17.4. The van der Waals surface area contributed by atoms with Crippen LogP contribution in [0.3, 0.4) is 0 Å². The molecule has 0 saturated heterocycles. The van der Waals surface area contributed by atoms with Crippen LogP contribution in [-0.2, 0) is 19.1 Å². The monoisotopic (exact) mass is 322 g/mol. The van der Waals surface area contributed by atoms with Gasteiger partial charge in [0.25, 0.3) is 0 Å². The smallest absolute Gasteiger partial charge is 0.366 e. The summed E-state index contributed by atoms with van der Waals surface area (Å²) in [6, 6.07) is 8.27. The van der Waals surface area contributed by atoms with Crippen LogP contribution >= 0.6 is 0 Å².